The number of aliphatic hydroxyl groups is 2. The van der Waals surface area contributed by atoms with Crippen molar-refractivity contribution >= 4 is 11.0 Å². The molecule has 0 bridgehead atoms. The molecule has 0 spiro atoms. The minimum Gasteiger partial charge on any atom is -0.388 e. The molecule has 0 amide bonds. The standard InChI is InChI=1S/C17H15F3N2O2/c18-17(19,20)12-5-3-4-11(8-12)15(24)9-22-14-7-2-1-6-13(14)21-16(22)10-23/h1-8,15,23-24H,9-10H2/t15-/m0/s1. The third-order valence-electron chi connectivity index (χ3n) is 3.83. The highest BCUT2D eigenvalue weighted by Crippen LogP contribution is 2.31. The Morgan fingerprint density at radius 1 is 1.08 bits per heavy atom. The summed E-state index contributed by atoms with van der Waals surface area (Å²) in [5.41, 5.74) is 0.703. The Morgan fingerprint density at radius 2 is 1.83 bits per heavy atom. The van der Waals surface area contributed by atoms with E-state index in [0.29, 0.717) is 16.9 Å². The van der Waals surface area contributed by atoms with Gasteiger partial charge in [-0.15, -0.1) is 0 Å². The molecule has 1 atom stereocenters. The van der Waals surface area contributed by atoms with Gasteiger partial charge in [0.25, 0.3) is 0 Å². The fraction of sp³-hybridized carbons (Fsp3) is 0.235. The van der Waals surface area contributed by atoms with E-state index < -0.39 is 17.8 Å². The number of alkyl halides is 3. The van der Waals surface area contributed by atoms with Crippen LogP contribution in [0.25, 0.3) is 11.0 Å². The van der Waals surface area contributed by atoms with Gasteiger partial charge in [0, 0.05) is 0 Å². The molecular weight excluding hydrogens is 321 g/mol. The van der Waals surface area contributed by atoms with Crippen molar-refractivity contribution in [3.63, 3.8) is 0 Å². The first-order chi connectivity index (χ1) is 11.4. The van der Waals surface area contributed by atoms with Crippen LogP contribution >= 0.6 is 0 Å². The van der Waals surface area contributed by atoms with Crippen LogP contribution in [-0.4, -0.2) is 19.8 Å². The predicted octanol–water partition coefficient (Wildman–Crippen LogP) is 3.28. The Morgan fingerprint density at radius 3 is 2.54 bits per heavy atom. The highest BCUT2D eigenvalue weighted by atomic mass is 19.4. The van der Waals surface area contributed by atoms with E-state index in [1.165, 1.54) is 12.1 Å². The van der Waals surface area contributed by atoms with E-state index in [9.17, 15) is 23.4 Å². The van der Waals surface area contributed by atoms with Crippen molar-refractivity contribution < 1.29 is 23.4 Å². The number of aromatic nitrogens is 2. The molecule has 3 aromatic rings. The number of hydrogen-bond acceptors (Lipinski definition) is 3. The van der Waals surface area contributed by atoms with Crippen LogP contribution in [0.4, 0.5) is 13.2 Å². The molecule has 0 aliphatic rings. The Balaban J connectivity index is 1.94. The molecular formula is C17H15F3N2O2. The van der Waals surface area contributed by atoms with Crippen molar-refractivity contribution in [1.29, 1.82) is 0 Å². The summed E-state index contributed by atoms with van der Waals surface area (Å²) >= 11 is 0. The molecule has 4 nitrogen and oxygen atoms in total. The van der Waals surface area contributed by atoms with Gasteiger partial charge in [-0.25, -0.2) is 4.98 Å². The summed E-state index contributed by atoms with van der Waals surface area (Å²) < 4.78 is 40.0. The predicted molar refractivity (Wildman–Crippen MR) is 82.1 cm³/mol. The SMILES string of the molecule is OCc1nc2ccccc2n1C[C@H](O)c1cccc(C(F)(F)F)c1. The van der Waals surface area contributed by atoms with Crippen LogP contribution in [0.15, 0.2) is 48.5 Å². The maximum absolute atomic E-state index is 12.8. The fourth-order valence-corrected chi connectivity index (χ4v) is 2.65. The maximum atomic E-state index is 12.8. The van der Waals surface area contributed by atoms with Crippen LogP contribution in [0.1, 0.15) is 23.1 Å². The largest absolute Gasteiger partial charge is 0.416 e. The molecule has 0 saturated carbocycles. The van der Waals surface area contributed by atoms with E-state index in [1.807, 2.05) is 0 Å². The molecule has 0 fully saturated rings. The van der Waals surface area contributed by atoms with E-state index >= 15 is 0 Å². The zero-order chi connectivity index (χ0) is 17.3. The Kier molecular flexibility index (Phi) is 4.29. The number of rotatable bonds is 4. The van der Waals surface area contributed by atoms with Gasteiger partial charge in [-0.1, -0.05) is 24.3 Å². The lowest BCUT2D eigenvalue weighted by Crippen LogP contribution is -2.13. The van der Waals surface area contributed by atoms with Crippen molar-refractivity contribution in [2.24, 2.45) is 0 Å². The molecule has 0 radical (unpaired) electrons. The minimum atomic E-state index is -4.46. The molecule has 0 aliphatic heterocycles. The zero-order valence-electron chi connectivity index (χ0n) is 12.5. The number of hydrogen-bond donors (Lipinski definition) is 2. The second-order valence-electron chi connectivity index (χ2n) is 5.42. The van der Waals surface area contributed by atoms with E-state index in [4.69, 9.17) is 0 Å². The molecule has 7 heteroatoms. The van der Waals surface area contributed by atoms with Gasteiger partial charge >= 0.3 is 6.18 Å². The summed E-state index contributed by atoms with van der Waals surface area (Å²) in [6.45, 7) is -0.332. The molecule has 3 rings (SSSR count). The monoisotopic (exact) mass is 336 g/mol. The smallest absolute Gasteiger partial charge is 0.388 e. The number of fused-ring (bicyclic) bond motifs is 1. The molecule has 0 aliphatic carbocycles. The van der Waals surface area contributed by atoms with Gasteiger partial charge < -0.3 is 14.8 Å². The molecule has 24 heavy (non-hydrogen) atoms. The lowest BCUT2D eigenvalue weighted by Gasteiger charge is -2.16. The first-order valence-corrected chi connectivity index (χ1v) is 7.30. The Labute approximate surface area is 135 Å². The average Bonchev–Trinajstić information content (AvgIpc) is 2.92. The van der Waals surface area contributed by atoms with Gasteiger partial charge in [-0.2, -0.15) is 13.2 Å². The van der Waals surface area contributed by atoms with Crippen LogP contribution < -0.4 is 0 Å². The van der Waals surface area contributed by atoms with E-state index in [0.717, 1.165) is 12.1 Å². The zero-order valence-corrected chi connectivity index (χ0v) is 12.5. The summed E-state index contributed by atoms with van der Waals surface area (Å²) in [5, 5.41) is 19.8. The highest BCUT2D eigenvalue weighted by Gasteiger charge is 2.31. The van der Waals surface area contributed by atoms with Gasteiger partial charge in [0.15, 0.2) is 0 Å². The Bertz CT molecular complexity index is 858. The van der Waals surface area contributed by atoms with Crippen molar-refractivity contribution in [1.82, 2.24) is 9.55 Å². The lowest BCUT2D eigenvalue weighted by atomic mass is 10.1. The maximum Gasteiger partial charge on any atom is 0.416 e. The quantitative estimate of drug-likeness (QED) is 0.769. The van der Waals surface area contributed by atoms with E-state index in [-0.39, 0.29) is 18.7 Å². The van der Waals surface area contributed by atoms with Crippen molar-refractivity contribution in [3.8, 4) is 0 Å². The normalized spacial score (nSPS) is 13.4. The molecule has 2 aromatic carbocycles. The van der Waals surface area contributed by atoms with E-state index in [1.54, 1.807) is 28.8 Å². The van der Waals surface area contributed by atoms with Crippen molar-refractivity contribution in [2.75, 3.05) is 0 Å². The number of imidazole rings is 1. The fourth-order valence-electron chi connectivity index (χ4n) is 2.65. The summed E-state index contributed by atoms with van der Waals surface area (Å²) in [5.74, 6) is 0.349. The molecule has 2 N–H and O–H groups in total. The molecule has 126 valence electrons. The topological polar surface area (TPSA) is 58.3 Å². The number of aliphatic hydroxyl groups excluding tert-OH is 2. The Hall–Kier alpha value is -2.38. The van der Waals surface area contributed by atoms with Gasteiger partial charge in [-0.05, 0) is 29.8 Å². The number of halogens is 3. The first-order valence-electron chi connectivity index (χ1n) is 7.30. The third-order valence-corrected chi connectivity index (χ3v) is 3.83. The second-order valence-corrected chi connectivity index (χ2v) is 5.42. The van der Waals surface area contributed by atoms with Crippen LogP contribution in [0, 0.1) is 0 Å². The van der Waals surface area contributed by atoms with Gasteiger partial charge in [0.05, 0.1) is 29.2 Å². The van der Waals surface area contributed by atoms with Gasteiger partial charge in [-0.3, -0.25) is 0 Å². The summed E-state index contributed by atoms with van der Waals surface area (Å²) in [6.07, 6.45) is -5.62. The van der Waals surface area contributed by atoms with Gasteiger partial charge in [0.2, 0.25) is 0 Å². The number of benzene rings is 2. The van der Waals surface area contributed by atoms with Crippen LogP contribution in [0.3, 0.4) is 0 Å². The molecule has 1 aromatic heterocycles. The number of nitrogens with zero attached hydrogens (tertiary/aromatic N) is 2. The summed E-state index contributed by atoms with van der Waals surface area (Å²) in [7, 11) is 0. The average molecular weight is 336 g/mol. The van der Waals surface area contributed by atoms with Crippen LogP contribution in [0.5, 0.6) is 0 Å². The summed E-state index contributed by atoms with van der Waals surface area (Å²) in [6, 6.07) is 11.7. The van der Waals surface area contributed by atoms with E-state index in [2.05, 4.69) is 4.98 Å². The van der Waals surface area contributed by atoms with Crippen molar-refractivity contribution in [2.45, 2.75) is 25.4 Å². The molecule has 0 saturated heterocycles. The highest BCUT2D eigenvalue weighted by molar-refractivity contribution is 5.75. The summed E-state index contributed by atoms with van der Waals surface area (Å²) in [4.78, 5) is 4.26. The van der Waals surface area contributed by atoms with Crippen LogP contribution in [-0.2, 0) is 19.3 Å². The lowest BCUT2D eigenvalue weighted by molar-refractivity contribution is -0.137. The molecule has 0 unspecified atom stereocenters. The number of para-hydroxylation sites is 2. The van der Waals surface area contributed by atoms with Crippen molar-refractivity contribution in [3.05, 3.63) is 65.5 Å². The van der Waals surface area contributed by atoms with Gasteiger partial charge in [0.1, 0.15) is 12.4 Å². The third kappa shape index (κ3) is 3.13. The van der Waals surface area contributed by atoms with Crippen LogP contribution in [0.2, 0.25) is 0 Å². The molecule has 1 heterocycles. The minimum absolute atomic E-state index is 0.00226. The first kappa shape index (κ1) is 16.5. The second kappa shape index (κ2) is 6.26.